The molecule has 2 aliphatic rings. The van der Waals surface area contributed by atoms with Gasteiger partial charge >= 0.3 is 0 Å². The zero-order valence-electron chi connectivity index (χ0n) is 15.6. The van der Waals surface area contributed by atoms with Gasteiger partial charge in [0, 0.05) is 12.3 Å². The minimum absolute atomic E-state index is 0.272. The molecule has 158 valence electrons. The molecule has 0 aromatic heterocycles. The van der Waals surface area contributed by atoms with Gasteiger partial charge in [0.1, 0.15) is 24.2 Å². The smallest absolute Gasteiger partial charge is 0.246 e. The van der Waals surface area contributed by atoms with Gasteiger partial charge in [-0.3, -0.25) is 19.2 Å². The molecule has 0 bridgehead atoms. The number of likely N-dealkylation sites (tertiary alicyclic amines) is 1. The van der Waals surface area contributed by atoms with Gasteiger partial charge in [-0.1, -0.05) is 0 Å². The first-order chi connectivity index (χ1) is 13.2. The van der Waals surface area contributed by atoms with Crippen molar-refractivity contribution in [2.45, 2.75) is 50.0 Å². The number of hydrogen-bond donors (Lipinski definition) is 5. The minimum atomic E-state index is -1.23. The minimum Gasteiger partial charge on any atom is -0.394 e. The van der Waals surface area contributed by atoms with Crippen LogP contribution in [0.15, 0.2) is 0 Å². The van der Waals surface area contributed by atoms with Crippen LogP contribution in [0.25, 0.3) is 0 Å². The molecule has 11 nitrogen and oxygen atoms in total. The Labute approximate surface area is 166 Å². The third kappa shape index (κ3) is 4.74. The van der Waals surface area contributed by atoms with E-state index in [1.807, 2.05) is 0 Å². The number of amides is 4. The Bertz CT molecular complexity index is 633. The summed E-state index contributed by atoms with van der Waals surface area (Å²) >= 11 is 1.39. The van der Waals surface area contributed by atoms with Gasteiger partial charge in [-0.05, 0) is 19.8 Å². The fourth-order valence-corrected chi connectivity index (χ4v) is 4.39. The fraction of sp³-hybridized carbons (Fsp3) is 0.750. The van der Waals surface area contributed by atoms with Crippen molar-refractivity contribution in [1.29, 1.82) is 0 Å². The highest BCUT2D eigenvalue weighted by molar-refractivity contribution is 7.99. The van der Waals surface area contributed by atoms with Crippen LogP contribution in [0.1, 0.15) is 19.8 Å². The molecule has 7 N–H and O–H groups in total. The van der Waals surface area contributed by atoms with Crippen molar-refractivity contribution in [3.8, 4) is 0 Å². The van der Waals surface area contributed by atoms with Gasteiger partial charge in [0.05, 0.1) is 18.6 Å². The maximum atomic E-state index is 13.1. The standard InChI is InChI=1S/C16H27N5O6S/c1-8(23)12(17)16(27)21-7-28-6-11(21)15(26)20-4-2-3-10(20)14(25)19-9(5-22)13(18)24/h8-12,22-23H,2-7,17H2,1H3,(H2,18,24)(H,19,25)/t8-,9+,10+,11+,12+/m1/s1. The lowest BCUT2D eigenvalue weighted by atomic mass is 10.1. The second kappa shape index (κ2) is 9.54. The Hall–Kier alpha value is -1.89. The van der Waals surface area contributed by atoms with Crippen molar-refractivity contribution in [1.82, 2.24) is 15.1 Å². The molecule has 0 aliphatic carbocycles. The van der Waals surface area contributed by atoms with Crippen LogP contribution >= 0.6 is 11.8 Å². The number of aliphatic hydroxyl groups excluding tert-OH is 2. The number of aliphatic hydroxyl groups is 2. The zero-order chi connectivity index (χ0) is 21.0. The van der Waals surface area contributed by atoms with Crippen molar-refractivity contribution in [3.05, 3.63) is 0 Å². The van der Waals surface area contributed by atoms with E-state index in [9.17, 15) is 24.3 Å². The summed E-state index contributed by atoms with van der Waals surface area (Å²) in [7, 11) is 0. The van der Waals surface area contributed by atoms with Crippen molar-refractivity contribution in [3.63, 3.8) is 0 Å². The first-order valence-electron chi connectivity index (χ1n) is 9.02. The van der Waals surface area contributed by atoms with Crippen LogP contribution in [0, 0.1) is 0 Å². The van der Waals surface area contributed by atoms with Crippen molar-refractivity contribution >= 4 is 35.4 Å². The second-order valence-electron chi connectivity index (χ2n) is 6.93. The average Bonchev–Trinajstić information content (AvgIpc) is 3.32. The van der Waals surface area contributed by atoms with Crippen LogP contribution in [0.2, 0.25) is 0 Å². The number of thioether (sulfide) groups is 1. The van der Waals surface area contributed by atoms with Crippen molar-refractivity contribution in [2.75, 3.05) is 24.8 Å². The second-order valence-corrected chi connectivity index (χ2v) is 7.93. The molecule has 5 atom stereocenters. The molecule has 0 spiro atoms. The van der Waals surface area contributed by atoms with E-state index in [1.165, 1.54) is 28.5 Å². The predicted molar refractivity (Wildman–Crippen MR) is 101 cm³/mol. The summed E-state index contributed by atoms with van der Waals surface area (Å²) in [6, 6.07) is -3.95. The van der Waals surface area contributed by atoms with Crippen LogP contribution in [-0.2, 0) is 19.2 Å². The fourth-order valence-electron chi connectivity index (χ4n) is 3.23. The van der Waals surface area contributed by atoms with Gasteiger partial charge in [-0.15, -0.1) is 11.8 Å². The van der Waals surface area contributed by atoms with Gasteiger partial charge in [-0.2, -0.15) is 0 Å². The third-order valence-electron chi connectivity index (χ3n) is 4.94. The van der Waals surface area contributed by atoms with E-state index >= 15 is 0 Å². The first kappa shape index (κ1) is 22.4. The zero-order valence-corrected chi connectivity index (χ0v) is 16.4. The number of carbonyl (C=O) groups is 4. The molecule has 0 aromatic carbocycles. The monoisotopic (exact) mass is 417 g/mol. The molecule has 0 unspecified atom stereocenters. The normalized spacial score (nSPS) is 25.3. The Kier molecular flexibility index (Phi) is 7.63. The van der Waals surface area contributed by atoms with Crippen molar-refractivity contribution in [2.24, 2.45) is 11.5 Å². The van der Waals surface area contributed by atoms with E-state index in [1.54, 1.807) is 0 Å². The molecule has 2 saturated heterocycles. The average molecular weight is 417 g/mol. The summed E-state index contributed by atoms with van der Waals surface area (Å²) in [4.78, 5) is 52.0. The number of hydrogen-bond acceptors (Lipinski definition) is 8. The molecule has 2 rings (SSSR count). The topological polar surface area (TPSA) is 179 Å². The van der Waals surface area contributed by atoms with Crippen LogP contribution < -0.4 is 16.8 Å². The number of nitrogens with zero attached hydrogens (tertiary/aromatic N) is 2. The number of carbonyl (C=O) groups excluding carboxylic acids is 4. The van der Waals surface area contributed by atoms with Crippen molar-refractivity contribution < 1.29 is 29.4 Å². The molecule has 0 radical (unpaired) electrons. The quantitative estimate of drug-likeness (QED) is 0.284. The summed E-state index contributed by atoms with van der Waals surface area (Å²) in [5.41, 5.74) is 10.8. The molecule has 4 amide bonds. The van der Waals surface area contributed by atoms with E-state index in [0.717, 1.165) is 0 Å². The van der Waals surface area contributed by atoms with Crippen LogP contribution in [0.5, 0.6) is 0 Å². The molecular weight excluding hydrogens is 390 g/mol. The number of rotatable bonds is 7. The van der Waals surface area contributed by atoms with Gasteiger partial charge < -0.3 is 36.8 Å². The summed E-state index contributed by atoms with van der Waals surface area (Å²) in [5.74, 6) is -1.71. The predicted octanol–water partition coefficient (Wildman–Crippen LogP) is -3.45. The Morgan fingerprint density at radius 3 is 2.50 bits per heavy atom. The van der Waals surface area contributed by atoms with Gasteiger partial charge in [0.2, 0.25) is 23.6 Å². The molecule has 2 aliphatic heterocycles. The highest BCUT2D eigenvalue weighted by Crippen LogP contribution is 2.27. The molecule has 2 fully saturated rings. The highest BCUT2D eigenvalue weighted by atomic mass is 32.2. The maximum absolute atomic E-state index is 13.1. The lowest BCUT2D eigenvalue weighted by Crippen LogP contribution is -2.58. The molecular formula is C16H27N5O6S. The summed E-state index contributed by atoms with van der Waals surface area (Å²) < 4.78 is 0. The van der Waals surface area contributed by atoms with Crippen LogP contribution in [0.4, 0.5) is 0 Å². The van der Waals surface area contributed by atoms with Crippen LogP contribution in [-0.4, -0.2) is 98.7 Å². The SMILES string of the molecule is C[C@@H](O)[C@H](N)C(=O)N1CSC[C@H]1C(=O)N1CCC[C@H]1C(=O)N[C@@H](CO)C(N)=O. The number of primary amides is 1. The van der Waals surface area contributed by atoms with Crippen LogP contribution in [0.3, 0.4) is 0 Å². The van der Waals surface area contributed by atoms with E-state index in [-0.39, 0.29) is 11.8 Å². The molecule has 0 saturated carbocycles. The van der Waals surface area contributed by atoms with E-state index in [0.29, 0.717) is 25.1 Å². The van der Waals surface area contributed by atoms with E-state index < -0.39 is 54.6 Å². The lowest BCUT2D eigenvalue weighted by Gasteiger charge is -2.32. The summed E-state index contributed by atoms with van der Waals surface area (Å²) in [5, 5.41) is 21.1. The molecule has 28 heavy (non-hydrogen) atoms. The van der Waals surface area contributed by atoms with E-state index in [2.05, 4.69) is 5.32 Å². The molecule has 12 heteroatoms. The third-order valence-corrected chi connectivity index (χ3v) is 5.95. The van der Waals surface area contributed by atoms with Gasteiger partial charge in [0.15, 0.2) is 0 Å². The first-order valence-corrected chi connectivity index (χ1v) is 10.2. The number of nitrogens with two attached hydrogens (primary N) is 2. The maximum Gasteiger partial charge on any atom is 0.246 e. The Balaban J connectivity index is 2.10. The van der Waals surface area contributed by atoms with E-state index in [4.69, 9.17) is 16.6 Å². The number of nitrogens with one attached hydrogen (secondary N) is 1. The molecule has 2 heterocycles. The van der Waals surface area contributed by atoms with Gasteiger partial charge in [-0.25, -0.2) is 0 Å². The van der Waals surface area contributed by atoms with Gasteiger partial charge in [0.25, 0.3) is 0 Å². The Morgan fingerprint density at radius 2 is 1.93 bits per heavy atom. The summed E-state index contributed by atoms with van der Waals surface area (Å²) in [6.07, 6.45) is -0.0657. The lowest BCUT2D eigenvalue weighted by molar-refractivity contribution is -0.147. The molecule has 0 aromatic rings. The largest absolute Gasteiger partial charge is 0.394 e. The Morgan fingerprint density at radius 1 is 1.25 bits per heavy atom. The highest BCUT2D eigenvalue weighted by Gasteiger charge is 2.44. The summed E-state index contributed by atoms with van der Waals surface area (Å²) in [6.45, 7) is 1.10.